The summed E-state index contributed by atoms with van der Waals surface area (Å²) in [4.78, 5) is 12.8. The van der Waals surface area contributed by atoms with Gasteiger partial charge in [0, 0.05) is 13.0 Å². The summed E-state index contributed by atoms with van der Waals surface area (Å²) in [5.41, 5.74) is 0. The number of hydrogen-bond acceptors (Lipinski definition) is 9. The SMILES string of the molecule is CC/C=C\C/C=C\C/C=C\C/C=C\C/C=C\C/C=C\CCCCCCCCCOCC(COC1OC(CO)C(O)C(O)C1O)OC(=O)CCCCC/C=C\C/C=C\C/C=C\CC. The smallest absolute Gasteiger partial charge is 0.306 e. The summed E-state index contributed by atoms with van der Waals surface area (Å²) in [6, 6.07) is 0. The first-order valence-electron chi connectivity index (χ1n) is 24.0. The highest BCUT2D eigenvalue weighted by Gasteiger charge is 2.44. The van der Waals surface area contributed by atoms with Crippen LogP contribution in [0.5, 0.6) is 0 Å². The molecule has 1 aliphatic heterocycles. The topological polar surface area (TPSA) is 135 Å². The zero-order valence-electron chi connectivity index (χ0n) is 38.6. The molecule has 9 nitrogen and oxygen atoms in total. The van der Waals surface area contributed by atoms with E-state index >= 15 is 0 Å². The summed E-state index contributed by atoms with van der Waals surface area (Å²) in [5.74, 6) is -0.352. The van der Waals surface area contributed by atoms with Gasteiger partial charge in [0.2, 0.25) is 0 Å². The largest absolute Gasteiger partial charge is 0.457 e. The molecule has 1 heterocycles. The lowest BCUT2D eigenvalue weighted by Gasteiger charge is -2.39. The minimum absolute atomic E-state index is 0.117. The van der Waals surface area contributed by atoms with Gasteiger partial charge in [0.05, 0.1) is 19.8 Å². The van der Waals surface area contributed by atoms with E-state index in [1.807, 2.05) is 0 Å². The number of esters is 1. The maximum Gasteiger partial charge on any atom is 0.306 e. The molecule has 0 aromatic carbocycles. The van der Waals surface area contributed by atoms with Crippen LogP contribution in [-0.4, -0.2) is 89.6 Å². The van der Waals surface area contributed by atoms with Gasteiger partial charge in [-0.2, -0.15) is 0 Å². The predicted octanol–water partition coefficient (Wildman–Crippen LogP) is 11.4. The molecule has 352 valence electrons. The van der Waals surface area contributed by atoms with E-state index in [0.29, 0.717) is 13.0 Å². The van der Waals surface area contributed by atoms with Gasteiger partial charge in [-0.05, 0) is 96.3 Å². The average molecular weight is 867 g/mol. The molecule has 0 spiro atoms. The number of hydrogen-bond donors (Lipinski definition) is 4. The van der Waals surface area contributed by atoms with Crippen molar-refractivity contribution in [2.75, 3.05) is 26.4 Å². The monoisotopic (exact) mass is 867 g/mol. The molecule has 0 aromatic heterocycles. The fourth-order valence-electron chi connectivity index (χ4n) is 6.51. The minimum atomic E-state index is -1.55. The van der Waals surface area contributed by atoms with Crippen molar-refractivity contribution in [2.24, 2.45) is 0 Å². The van der Waals surface area contributed by atoms with Gasteiger partial charge >= 0.3 is 5.97 Å². The van der Waals surface area contributed by atoms with Gasteiger partial charge in [-0.25, -0.2) is 0 Å². The summed E-state index contributed by atoms with van der Waals surface area (Å²) in [7, 11) is 0. The van der Waals surface area contributed by atoms with E-state index < -0.39 is 43.4 Å². The third-order valence-corrected chi connectivity index (χ3v) is 10.2. The van der Waals surface area contributed by atoms with Crippen LogP contribution in [0.3, 0.4) is 0 Å². The van der Waals surface area contributed by atoms with Crippen LogP contribution in [-0.2, 0) is 23.7 Å². The Kier molecular flexibility index (Phi) is 39.5. The number of allylic oxidation sites excluding steroid dienone is 18. The van der Waals surface area contributed by atoms with Crippen molar-refractivity contribution < 1.29 is 44.2 Å². The van der Waals surface area contributed by atoms with Crippen LogP contribution in [0.1, 0.15) is 155 Å². The van der Waals surface area contributed by atoms with E-state index in [9.17, 15) is 25.2 Å². The van der Waals surface area contributed by atoms with E-state index in [-0.39, 0.29) is 25.6 Å². The van der Waals surface area contributed by atoms with Crippen molar-refractivity contribution in [2.45, 2.75) is 192 Å². The second-order valence-corrected chi connectivity index (χ2v) is 15.8. The lowest BCUT2D eigenvalue weighted by molar-refractivity contribution is -0.305. The fourth-order valence-corrected chi connectivity index (χ4v) is 6.51. The quantitative estimate of drug-likeness (QED) is 0.0271. The molecule has 9 heteroatoms. The first-order valence-corrected chi connectivity index (χ1v) is 24.0. The minimum Gasteiger partial charge on any atom is -0.457 e. The molecular formula is C53H86O9. The zero-order valence-corrected chi connectivity index (χ0v) is 38.6. The van der Waals surface area contributed by atoms with Crippen LogP contribution in [0.15, 0.2) is 109 Å². The lowest BCUT2D eigenvalue weighted by Crippen LogP contribution is -2.59. The molecule has 0 amide bonds. The van der Waals surface area contributed by atoms with E-state index in [2.05, 4.69) is 123 Å². The molecule has 0 saturated carbocycles. The molecule has 6 atom stereocenters. The van der Waals surface area contributed by atoms with Crippen LogP contribution in [0.2, 0.25) is 0 Å². The van der Waals surface area contributed by atoms with Crippen molar-refractivity contribution in [1.82, 2.24) is 0 Å². The summed E-state index contributed by atoms with van der Waals surface area (Å²) in [5, 5.41) is 40.1. The Balaban J connectivity index is 2.24. The Bertz CT molecular complexity index is 1310. The van der Waals surface area contributed by atoms with Gasteiger partial charge in [-0.15, -0.1) is 0 Å². The molecular weight excluding hydrogens is 781 g/mol. The lowest BCUT2D eigenvalue weighted by atomic mass is 9.99. The van der Waals surface area contributed by atoms with E-state index in [1.165, 1.54) is 25.7 Å². The molecule has 1 aliphatic rings. The van der Waals surface area contributed by atoms with Crippen LogP contribution in [0.25, 0.3) is 0 Å². The molecule has 6 unspecified atom stereocenters. The van der Waals surface area contributed by atoms with Crippen LogP contribution < -0.4 is 0 Å². The maximum absolute atomic E-state index is 12.8. The number of carbonyl (C=O) groups is 1. The second-order valence-electron chi connectivity index (χ2n) is 15.8. The first kappa shape index (κ1) is 56.9. The molecule has 62 heavy (non-hydrogen) atoms. The molecule has 1 fully saturated rings. The van der Waals surface area contributed by atoms with Gasteiger partial charge in [0.1, 0.15) is 30.5 Å². The molecule has 0 bridgehead atoms. The Hall–Kier alpha value is -3.15. The van der Waals surface area contributed by atoms with Gasteiger partial charge in [-0.3, -0.25) is 4.79 Å². The number of rotatable bonds is 39. The van der Waals surface area contributed by atoms with Crippen LogP contribution >= 0.6 is 0 Å². The zero-order chi connectivity index (χ0) is 45.0. The average Bonchev–Trinajstić information content (AvgIpc) is 3.27. The van der Waals surface area contributed by atoms with Crippen molar-refractivity contribution in [3.8, 4) is 0 Å². The van der Waals surface area contributed by atoms with E-state index in [1.54, 1.807) is 0 Å². The van der Waals surface area contributed by atoms with Crippen molar-refractivity contribution in [3.05, 3.63) is 109 Å². The number of aliphatic hydroxyl groups is 4. The number of ether oxygens (including phenoxy) is 4. The maximum atomic E-state index is 12.8. The first-order chi connectivity index (χ1) is 30.4. The van der Waals surface area contributed by atoms with E-state index in [4.69, 9.17) is 18.9 Å². The third kappa shape index (κ3) is 33.4. The third-order valence-electron chi connectivity index (χ3n) is 10.2. The molecule has 0 radical (unpaired) electrons. The highest BCUT2D eigenvalue weighted by Crippen LogP contribution is 2.22. The fraction of sp³-hybridized carbons (Fsp3) is 0.642. The standard InChI is InChI=1S/C53H86O9/c1-3-5-7-9-11-13-15-17-18-19-20-21-22-23-24-25-26-27-28-29-31-33-35-37-39-41-43-59-45-47(46-60-53-52(58)51(57)50(56)48(44-54)62-53)61-49(55)42-40-38-36-34-32-30-16-14-12-10-8-6-4-2/h5-8,11-14,17-18,20-21,23-24,26-27,30,32,47-48,50-54,56-58H,3-4,9-10,15-16,19,22,25,28-29,31,33-46H2,1-2H3/b7-5-,8-6-,13-11-,14-12-,18-17-,21-20-,24-23-,27-26-,32-30-. The van der Waals surface area contributed by atoms with Crippen LogP contribution in [0.4, 0.5) is 0 Å². The molecule has 1 saturated heterocycles. The highest BCUT2D eigenvalue weighted by atomic mass is 16.7. The van der Waals surface area contributed by atoms with Crippen LogP contribution in [0, 0.1) is 0 Å². The van der Waals surface area contributed by atoms with Gasteiger partial charge in [0.25, 0.3) is 0 Å². The summed E-state index contributed by atoms with van der Waals surface area (Å²) in [6.07, 6.45) is 54.1. The summed E-state index contributed by atoms with van der Waals surface area (Å²) in [6.45, 7) is 4.23. The Morgan fingerprint density at radius 1 is 0.516 bits per heavy atom. The molecule has 0 aromatic rings. The summed E-state index contributed by atoms with van der Waals surface area (Å²) >= 11 is 0. The van der Waals surface area contributed by atoms with Crippen molar-refractivity contribution in [1.29, 1.82) is 0 Å². The normalized spacial score (nSPS) is 20.8. The molecule has 0 aliphatic carbocycles. The predicted molar refractivity (Wildman–Crippen MR) is 256 cm³/mol. The van der Waals surface area contributed by atoms with Gasteiger partial charge < -0.3 is 39.4 Å². The Morgan fingerprint density at radius 2 is 0.935 bits per heavy atom. The second kappa shape index (κ2) is 43.1. The number of carbonyl (C=O) groups excluding carboxylic acids is 1. The van der Waals surface area contributed by atoms with Gasteiger partial charge in [-0.1, -0.05) is 162 Å². The van der Waals surface area contributed by atoms with Gasteiger partial charge in [0.15, 0.2) is 6.29 Å². The van der Waals surface area contributed by atoms with E-state index in [0.717, 1.165) is 103 Å². The number of aliphatic hydroxyl groups excluding tert-OH is 4. The highest BCUT2D eigenvalue weighted by molar-refractivity contribution is 5.69. The Morgan fingerprint density at radius 3 is 1.40 bits per heavy atom. The Labute approximate surface area is 376 Å². The summed E-state index contributed by atoms with van der Waals surface area (Å²) < 4.78 is 22.8. The number of unbranched alkanes of at least 4 members (excludes halogenated alkanes) is 10. The van der Waals surface area contributed by atoms with Crippen molar-refractivity contribution in [3.63, 3.8) is 0 Å². The molecule has 4 N–H and O–H groups in total. The molecule has 1 rings (SSSR count). The van der Waals surface area contributed by atoms with Crippen molar-refractivity contribution >= 4 is 5.97 Å².